The second kappa shape index (κ2) is 5.88. The van der Waals surface area contributed by atoms with Crippen LogP contribution in [0.25, 0.3) is 0 Å². The summed E-state index contributed by atoms with van der Waals surface area (Å²) >= 11 is 0. The first-order valence-corrected chi connectivity index (χ1v) is 8.71. The topological polar surface area (TPSA) is 87.3 Å². The van der Waals surface area contributed by atoms with Crippen molar-refractivity contribution < 1.29 is 17.6 Å². The van der Waals surface area contributed by atoms with Crippen molar-refractivity contribution in [2.75, 3.05) is 10.6 Å². The second-order valence-corrected chi connectivity index (χ2v) is 7.31. The number of halogens is 1. The number of benzene rings is 2. The lowest BCUT2D eigenvalue weighted by Gasteiger charge is -2.27. The Hall–Kier alpha value is -2.45. The van der Waals surface area contributed by atoms with Crippen LogP contribution in [0.5, 0.6) is 0 Å². The number of rotatable bonds is 2. The van der Waals surface area contributed by atoms with Gasteiger partial charge in [0.2, 0.25) is 10.0 Å². The van der Waals surface area contributed by atoms with Crippen LogP contribution < -0.4 is 15.4 Å². The first-order valence-electron chi connectivity index (χ1n) is 7.23. The molecular formula is C16H16FN3O3S. The summed E-state index contributed by atoms with van der Waals surface area (Å²) in [4.78, 5) is 12.3. The van der Waals surface area contributed by atoms with Crippen LogP contribution in [0.15, 0.2) is 41.3 Å². The monoisotopic (exact) mass is 349 g/mol. The number of hydrogen-bond donors (Lipinski definition) is 3. The normalized spacial score (nSPS) is 18.4. The number of aryl methyl sites for hydroxylation is 2. The summed E-state index contributed by atoms with van der Waals surface area (Å²) in [6.45, 7) is 3.86. The van der Waals surface area contributed by atoms with Crippen LogP contribution in [0, 0.1) is 19.7 Å². The lowest BCUT2D eigenvalue weighted by molar-refractivity contribution is -0.117. The molecule has 126 valence electrons. The minimum Gasteiger partial charge on any atom is -0.360 e. The summed E-state index contributed by atoms with van der Waals surface area (Å²) in [7, 11) is -3.90. The maximum atomic E-state index is 13.3. The molecule has 0 saturated heterocycles. The van der Waals surface area contributed by atoms with Gasteiger partial charge in [-0.05, 0) is 55.3 Å². The average Bonchev–Trinajstić information content (AvgIpc) is 2.49. The Morgan fingerprint density at radius 3 is 2.58 bits per heavy atom. The zero-order valence-electron chi connectivity index (χ0n) is 13.1. The molecule has 0 radical (unpaired) electrons. The van der Waals surface area contributed by atoms with E-state index in [4.69, 9.17) is 0 Å². The number of hydrogen-bond acceptors (Lipinski definition) is 4. The standard InChI is InChI=1S/C16H16FN3O3S/c1-9-3-5-12(7-10(9)2)18-16(21)15-19-13-8-11(17)4-6-14(13)24(22,23)20-15/h3-8,15,19-20H,1-2H3,(H,18,21). The molecule has 3 N–H and O–H groups in total. The van der Waals surface area contributed by atoms with Gasteiger partial charge in [0.25, 0.3) is 5.91 Å². The summed E-state index contributed by atoms with van der Waals surface area (Å²) in [6.07, 6.45) is -1.23. The maximum Gasteiger partial charge on any atom is 0.262 e. The minimum atomic E-state index is -3.90. The van der Waals surface area contributed by atoms with Gasteiger partial charge in [-0.2, -0.15) is 4.72 Å². The van der Waals surface area contributed by atoms with Gasteiger partial charge in [0.1, 0.15) is 10.7 Å². The highest BCUT2D eigenvalue weighted by atomic mass is 32.2. The molecule has 6 nitrogen and oxygen atoms in total. The van der Waals surface area contributed by atoms with Crippen LogP contribution in [-0.4, -0.2) is 20.5 Å². The minimum absolute atomic E-state index is 0.0500. The largest absolute Gasteiger partial charge is 0.360 e. The number of carbonyl (C=O) groups excluding carboxylic acids is 1. The van der Waals surface area contributed by atoms with Crippen LogP contribution in [-0.2, 0) is 14.8 Å². The van der Waals surface area contributed by atoms with Crippen molar-refractivity contribution >= 4 is 27.3 Å². The summed E-state index contributed by atoms with van der Waals surface area (Å²) < 4.78 is 40.0. The van der Waals surface area contributed by atoms with Gasteiger partial charge in [0.15, 0.2) is 6.17 Å². The molecule has 1 aliphatic rings. The number of fused-ring (bicyclic) bond motifs is 1. The molecule has 2 aromatic carbocycles. The molecule has 2 aromatic rings. The molecule has 0 saturated carbocycles. The molecule has 1 heterocycles. The highest BCUT2D eigenvalue weighted by molar-refractivity contribution is 7.89. The summed E-state index contributed by atoms with van der Waals surface area (Å²) in [5.41, 5.74) is 2.68. The molecule has 24 heavy (non-hydrogen) atoms. The van der Waals surface area contributed by atoms with Gasteiger partial charge in [-0.3, -0.25) is 4.79 Å². The second-order valence-electron chi connectivity index (χ2n) is 5.63. The zero-order chi connectivity index (χ0) is 17.5. The number of amides is 1. The van der Waals surface area contributed by atoms with E-state index in [2.05, 4.69) is 15.4 Å². The van der Waals surface area contributed by atoms with Crippen molar-refractivity contribution in [2.45, 2.75) is 24.9 Å². The van der Waals surface area contributed by atoms with Gasteiger partial charge in [-0.1, -0.05) is 6.07 Å². The van der Waals surface area contributed by atoms with Gasteiger partial charge in [-0.25, -0.2) is 12.8 Å². The predicted molar refractivity (Wildman–Crippen MR) is 88.7 cm³/mol. The van der Waals surface area contributed by atoms with E-state index in [1.165, 1.54) is 0 Å². The first kappa shape index (κ1) is 16.4. The van der Waals surface area contributed by atoms with Crippen LogP contribution in [0.2, 0.25) is 0 Å². The summed E-state index contributed by atoms with van der Waals surface area (Å²) in [5.74, 6) is -1.18. The Balaban J connectivity index is 1.85. The van der Waals surface area contributed by atoms with E-state index < -0.39 is 27.9 Å². The van der Waals surface area contributed by atoms with Crippen LogP contribution in [0.3, 0.4) is 0 Å². The van der Waals surface area contributed by atoms with Gasteiger partial charge in [0.05, 0.1) is 5.69 Å². The molecule has 1 aliphatic heterocycles. The Kier molecular flexibility index (Phi) is 4.02. The third-order valence-corrected chi connectivity index (χ3v) is 5.32. The van der Waals surface area contributed by atoms with E-state index in [1.807, 2.05) is 19.9 Å². The fraction of sp³-hybridized carbons (Fsp3) is 0.188. The highest BCUT2D eigenvalue weighted by Crippen LogP contribution is 2.27. The average molecular weight is 349 g/mol. The van der Waals surface area contributed by atoms with Crippen LogP contribution in [0.1, 0.15) is 11.1 Å². The van der Waals surface area contributed by atoms with Crippen molar-refractivity contribution in [3.8, 4) is 0 Å². The lowest BCUT2D eigenvalue weighted by Crippen LogP contribution is -2.51. The van der Waals surface area contributed by atoms with Gasteiger partial charge < -0.3 is 10.6 Å². The number of nitrogens with one attached hydrogen (secondary N) is 3. The van der Waals surface area contributed by atoms with E-state index >= 15 is 0 Å². The van der Waals surface area contributed by atoms with Gasteiger partial charge in [-0.15, -0.1) is 0 Å². The maximum absolute atomic E-state index is 13.3. The van der Waals surface area contributed by atoms with Crippen molar-refractivity contribution in [2.24, 2.45) is 0 Å². The number of anilines is 2. The Morgan fingerprint density at radius 1 is 1.12 bits per heavy atom. The molecule has 0 aromatic heterocycles. The molecule has 0 spiro atoms. The molecule has 3 rings (SSSR count). The van der Waals surface area contributed by atoms with E-state index in [0.29, 0.717) is 5.69 Å². The molecule has 0 aliphatic carbocycles. The molecule has 0 bridgehead atoms. The number of carbonyl (C=O) groups is 1. The van der Waals surface area contributed by atoms with Gasteiger partial charge >= 0.3 is 0 Å². The third kappa shape index (κ3) is 3.10. The van der Waals surface area contributed by atoms with Crippen LogP contribution >= 0.6 is 0 Å². The van der Waals surface area contributed by atoms with Gasteiger partial charge in [0, 0.05) is 5.69 Å². The smallest absolute Gasteiger partial charge is 0.262 e. The lowest BCUT2D eigenvalue weighted by atomic mass is 10.1. The van der Waals surface area contributed by atoms with E-state index in [9.17, 15) is 17.6 Å². The zero-order valence-corrected chi connectivity index (χ0v) is 13.9. The van der Waals surface area contributed by atoms with Crippen LogP contribution in [0.4, 0.5) is 15.8 Å². The molecular weight excluding hydrogens is 333 g/mol. The van der Waals surface area contributed by atoms with E-state index in [0.717, 1.165) is 29.3 Å². The fourth-order valence-electron chi connectivity index (χ4n) is 2.41. The highest BCUT2D eigenvalue weighted by Gasteiger charge is 2.33. The molecule has 0 fully saturated rings. The molecule has 1 unspecified atom stereocenters. The van der Waals surface area contributed by atoms with E-state index in [-0.39, 0.29) is 10.6 Å². The van der Waals surface area contributed by atoms with Crippen molar-refractivity contribution in [3.05, 3.63) is 53.3 Å². The van der Waals surface area contributed by atoms with Crippen molar-refractivity contribution in [1.29, 1.82) is 0 Å². The van der Waals surface area contributed by atoms with Crippen molar-refractivity contribution in [1.82, 2.24) is 4.72 Å². The third-order valence-electron chi connectivity index (χ3n) is 3.84. The number of sulfonamides is 1. The summed E-state index contributed by atoms with van der Waals surface area (Å²) in [6, 6.07) is 8.62. The quantitative estimate of drug-likeness (QED) is 0.775. The Morgan fingerprint density at radius 2 is 1.88 bits per heavy atom. The summed E-state index contributed by atoms with van der Waals surface area (Å²) in [5, 5.41) is 5.34. The van der Waals surface area contributed by atoms with Crippen molar-refractivity contribution in [3.63, 3.8) is 0 Å². The SMILES string of the molecule is Cc1ccc(NC(=O)C2Nc3cc(F)ccc3S(=O)(=O)N2)cc1C. The Bertz CT molecular complexity index is 928. The fourth-order valence-corrected chi connectivity index (χ4v) is 3.66. The molecule has 8 heteroatoms. The molecule has 1 atom stereocenters. The first-order chi connectivity index (χ1) is 11.3. The molecule has 1 amide bonds. The Labute approximate surface area is 139 Å². The predicted octanol–water partition coefficient (Wildman–Crippen LogP) is 2.11. The van der Waals surface area contributed by atoms with E-state index in [1.54, 1.807) is 12.1 Å².